The van der Waals surface area contributed by atoms with Crippen molar-refractivity contribution in [1.82, 2.24) is 4.98 Å². The van der Waals surface area contributed by atoms with E-state index in [-0.39, 0.29) is 0 Å². The summed E-state index contributed by atoms with van der Waals surface area (Å²) in [5, 5.41) is 9.29. The Bertz CT molecular complexity index is 654. The van der Waals surface area contributed by atoms with Crippen molar-refractivity contribution in [1.29, 1.82) is 5.26 Å². The standard InChI is InChI=1S/C17H16N2O/c1-3-14-7-6-13(10-17(14)20-2)9-16(11-18)15-5-4-8-19-12-15/h4-10,12H,3H2,1-2H3/b16-9+. The van der Waals surface area contributed by atoms with Crippen LogP contribution in [0, 0.1) is 11.3 Å². The van der Waals surface area contributed by atoms with E-state index in [9.17, 15) is 5.26 Å². The van der Waals surface area contributed by atoms with Crippen LogP contribution in [0.1, 0.15) is 23.6 Å². The van der Waals surface area contributed by atoms with E-state index in [2.05, 4.69) is 18.0 Å². The van der Waals surface area contributed by atoms with Gasteiger partial charge in [0.1, 0.15) is 5.75 Å². The number of aromatic nitrogens is 1. The Morgan fingerprint density at radius 2 is 2.25 bits per heavy atom. The zero-order chi connectivity index (χ0) is 14.4. The van der Waals surface area contributed by atoms with Crippen LogP contribution < -0.4 is 4.74 Å². The van der Waals surface area contributed by atoms with Gasteiger partial charge in [-0.3, -0.25) is 4.98 Å². The minimum Gasteiger partial charge on any atom is -0.496 e. The molecule has 0 atom stereocenters. The molecule has 1 aromatic heterocycles. The smallest absolute Gasteiger partial charge is 0.122 e. The van der Waals surface area contributed by atoms with Crippen molar-refractivity contribution in [2.45, 2.75) is 13.3 Å². The normalized spacial score (nSPS) is 10.9. The third-order valence-corrected chi connectivity index (χ3v) is 3.10. The first-order valence-electron chi connectivity index (χ1n) is 6.47. The lowest BCUT2D eigenvalue weighted by Gasteiger charge is -2.07. The Kier molecular flexibility index (Phi) is 4.52. The second-order valence-electron chi connectivity index (χ2n) is 4.34. The summed E-state index contributed by atoms with van der Waals surface area (Å²) in [7, 11) is 1.66. The molecule has 100 valence electrons. The summed E-state index contributed by atoms with van der Waals surface area (Å²) in [5.74, 6) is 0.852. The Balaban J connectivity index is 2.41. The van der Waals surface area contributed by atoms with Gasteiger partial charge in [-0.25, -0.2) is 0 Å². The highest BCUT2D eigenvalue weighted by Gasteiger charge is 2.04. The quantitative estimate of drug-likeness (QED) is 0.791. The van der Waals surface area contributed by atoms with Crippen molar-refractivity contribution >= 4 is 11.6 Å². The maximum Gasteiger partial charge on any atom is 0.122 e. The SMILES string of the molecule is CCc1ccc(/C=C(\C#N)c2cccnc2)cc1OC. The van der Waals surface area contributed by atoms with Crippen molar-refractivity contribution in [3.8, 4) is 11.8 Å². The predicted octanol–water partition coefficient (Wildman–Crippen LogP) is 3.72. The number of hydrogen-bond acceptors (Lipinski definition) is 3. The topological polar surface area (TPSA) is 45.9 Å². The Morgan fingerprint density at radius 3 is 2.85 bits per heavy atom. The minimum atomic E-state index is 0.587. The molecule has 3 nitrogen and oxygen atoms in total. The lowest BCUT2D eigenvalue weighted by molar-refractivity contribution is 0.410. The Labute approximate surface area is 119 Å². The summed E-state index contributed by atoms with van der Waals surface area (Å²) in [4.78, 5) is 4.04. The lowest BCUT2D eigenvalue weighted by atomic mass is 10.0. The predicted molar refractivity (Wildman–Crippen MR) is 80.1 cm³/mol. The average molecular weight is 264 g/mol. The van der Waals surface area contributed by atoms with Crippen molar-refractivity contribution in [2.24, 2.45) is 0 Å². The fraction of sp³-hybridized carbons (Fsp3) is 0.176. The fourth-order valence-corrected chi connectivity index (χ4v) is 2.01. The number of nitrogens with zero attached hydrogens (tertiary/aromatic N) is 2. The Morgan fingerprint density at radius 1 is 1.40 bits per heavy atom. The molecule has 0 saturated carbocycles. The van der Waals surface area contributed by atoms with Crippen LogP contribution in [-0.2, 0) is 6.42 Å². The zero-order valence-electron chi connectivity index (χ0n) is 11.6. The van der Waals surface area contributed by atoms with E-state index in [4.69, 9.17) is 4.74 Å². The van der Waals surface area contributed by atoms with Gasteiger partial charge < -0.3 is 4.74 Å². The molecule has 0 bridgehead atoms. The van der Waals surface area contributed by atoms with Gasteiger partial charge in [-0.05, 0) is 35.8 Å². The highest BCUT2D eigenvalue weighted by atomic mass is 16.5. The average Bonchev–Trinajstić information content (AvgIpc) is 2.53. The molecule has 0 saturated heterocycles. The van der Waals surface area contributed by atoms with Gasteiger partial charge in [0.05, 0.1) is 18.8 Å². The number of allylic oxidation sites excluding steroid dienone is 1. The summed E-state index contributed by atoms with van der Waals surface area (Å²) in [6, 6.07) is 11.9. The van der Waals surface area contributed by atoms with E-state index in [0.29, 0.717) is 5.57 Å². The number of benzene rings is 1. The van der Waals surface area contributed by atoms with Crippen LogP contribution in [0.3, 0.4) is 0 Å². The number of methoxy groups -OCH3 is 1. The van der Waals surface area contributed by atoms with E-state index >= 15 is 0 Å². The monoisotopic (exact) mass is 264 g/mol. The highest BCUT2D eigenvalue weighted by molar-refractivity contribution is 5.89. The second-order valence-corrected chi connectivity index (χ2v) is 4.34. The number of pyridine rings is 1. The van der Waals surface area contributed by atoms with E-state index in [1.165, 1.54) is 0 Å². The largest absolute Gasteiger partial charge is 0.496 e. The first-order valence-corrected chi connectivity index (χ1v) is 6.47. The maximum atomic E-state index is 9.29. The van der Waals surface area contributed by atoms with Crippen LogP contribution in [0.2, 0.25) is 0 Å². The number of nitriles is 1. The molecule has 20 heavy (non-hydrogen) atoms. The molecule has 3 heteroatoms. The summed E-state index contributed by atoms with van der Waals surface area (Å²) >= 11 is 0. The molecule has 1 heterocycles. The molecule has 0 aliphatic heterocycles. The molecular formula is C17H16N2O. The maximum absolute atomic E-state index is 9.29. The Hall–Kier alpha value is -2.60. The van der Waals surface area contributed by atoms with Gasteiger partial charge in [-0.15, -0.1) is 0 Å². The molecule has 0 unspecified atom stereocenters. The highest BCUT2D eigenvalue weighted by Crippen LogP contribution is 2.24. The number of ether oxygens (including phenoxy) is 1. The first-order chi connectivity index (χ1) is 9.78. The van der Waals surface area contributed by atoms with E-state index in [1.807, 2.05) is 36.4 Å². The lowest BCUT2D eigenvalue weighted by Crippen LogP contribution is -1.91. The third kappa shape index (κ3) is 3.04. The van der Waals surface area contributed by atoms with Crippen LogP contribution in [-0.4, -0.2) is 12.1 Å². The van der Waals surface area contributed by atoms with Gasteiger partial charge in [0.2, 0.25) is 0 Å². The molecule has 0 aliphatic carbocycles. The summed E-state index contributed by atoms with van der Waals surface area (Å²) in [5.41, 5.74) is 3.50. The molecule has 0 fully saturated rings. The molecule has 0 radical (unpaired) electrons. The summed E-state index contributed by atoms with van der Waals surface area (Å²) < 4.78 is 5.37. The molecular weight excluding hydrogens is 248 g/mol. The van der Waals surface area contributed by atoms with Crippen LogP contribution in [0.25, 0.3) is 11.6 Å². The molecule has 2 rings (SSSR count). The third-order valence-electron chi connectivity index (χ3n) is 3.10. The molecule has 2 aromatic rings. The molecule has 1 aromatic carbocycles. The van der Waals surface area contributed by atoms with Crippen molar-refractivity contribution in [3.63, 3.8) is 0 Å². The minimum absolute atomic E-state index is 0.587. The van der Waals surface area contributed by atoms with Crippen LogP contribution in [0.15, 0.2) is 42.7 Å². The molecule has 0 aliphatic rings. The molecule has 0 spiro atoms. The molecule has 0 amide bonds. The van der Waals surface area contributed by atoms with Gasteiger partial charge in [0.15, 0.2) is 0 Å². The van der Waals surface area contributed by atoms with Crippen LogP contribution in [0.5, 0.6) is 5.75 Å². The van der Waals surface area contributed by atoms with Crippen LogP contribution in [0.4, 0.5) is 0 Å². The van der Waals surface area contributed by atoms with E-state index in [0.717, 1.165) is 28.9 Å². The van der Waals surface area contributed by atoms with E-state index in [1.54, 1.807) is 19.5 Å². The first kappa shape index (κ1) is 13.8. The number of hydrogen-bond donors (Lipinski definition) is 0. The fourth-order valence-electron chi connectivity index (χ4n) is 2.01. The van der Waals surface area contributed by atoms with Gasteiger partial charge in [-0.1, -0.05) is 25.1 Å². The zero-order valence-corrected chi connectivity index (χ0v) is 11.6. The number of rotatable bonds is 4. The summed E-state index contributed by atoms with van der Waals surface area (Å²) in [6.07, 6.45) is 6.14. The summed E-state index contributed by atoms with van der Waals surface area (Å²) in [6.45, 7) is 2.09. The number of aryl methyl sites for hydroxylation is 1. The molecule has 0 N–H and O–H groups in total. The van der Waals surface area contributed by atoms with Gasteiger partial charge in [-0.2, -0.15) is 5.26 Å². The van der Waals surface area contributed by atoms with Gasteiger partial charge in [0, 0.05) is 18.0 Å². The van der Waals surface area contributed by atoms with Crippen LogP contribution >= 0.6 is 0 Å². The van der Waals surface area contributed by atoms with E-state index < -0.39 is 0 Å². The van der Waals surface area contributed by atoms with Crippen molar-refractivity contribution < 1.29 is 4.74 Å². The van der Waals surface area contributed by atoms with Crippen molar-refractivity contribution in [2.75, 3.05) is 7.11 Å². The van der Waals surface area contributed by atoms with Gasteiger partial charge >= 0.3 is 0 Å². The van der Waals surface area contributed by atoms with Gasteiger partial charge in [0.25, 0.3) is 0 Å². The van der Waals surface area contributed by atoms with Crippen molar-refractivity contribution in [3.05, 3.63) is 59.4 Å². The second kappa shape index (κ2) is 6.53.